The molecular weight excluding hydrogens is 1630 g/mol. The monoisotopic (exact) mass is 1720 g/mol. The summed E-state index contributed by atoms with van der Waals surface area (Å²) < 4.78 is 13.8. The molecule has 16 aromatic rings. The molecule has 0 fully saturated rings. The second kappa shape index (κ2) is 37.1. The van der Waals surface area contributed by atoms with E-state index in [4.69, 9.17) is 9.97 Å². The van der Waals surface area contributed by atoms with Gasteiger partial charge in [0, 0.05) is 241 Å². The summed E-state index contributed by atoms with van der Waals surface area (Å²) >= 11 is 4.98. The molecule has 5 aliphatic rings. The highest BCUT2D eigenvalue weighted by molar-refractivity contribution is 7.15. The Bertz CT molecular complexity index is 6760. The third kappa shape index (κ3) is 19.2. The van der Waals surface area contributed by atoms with Gasteiger partial charge in [-0.3, -0.25) is 63.1 Å². The van der Waals surface area contributed by atoms with E-state index in [2.05, 4.69) is 144 Å². The molecule has 32 heteroatoms. The van der Waals surface area contributed by atoms with Gasteiger partial charge in [0.1, 0.15) is 5.01 Å². The zero-order valence-corrected chi connectivity index (χ0v) is 70.6. The lowest BCUT2D eigenvalue weighted by Gasteiger charge is -2.30. The number of thiophene rings is 1. The normalized spacial score (nSPS) is 14.5. The lowest BCUT2D eigenvalue weighted by atomic mass is 10.1. The Morgan fingerprint density at radius 3 is 1.29 bits per heavy atom. The van der Waals surface area contributed by atoms with Crippen LogP contribution < -0.4 is 27.1 Å². The molecule has 124 heavy (non-hydrogen) atoms. The van der Waals surface area contributed by atoms with Crippen LogP contribution in [0.5, 0.6) is 28.7 Å². The summed E-state index contributed by atoms with van der Waals surface area (Å²) in [5.41, 5.74) is 18.5. The van der Waals surface area contributed by atoms with E-state index >= 15 is 0 Å². The molecule has 0 saturated heterocycles. The molecule has 0 amide bonds. The predicted octanol–water partition coefficient (Wildman–Crippen LogP) is 12.0. The van der Waals surface area contributed by atoms with Gasteiger partial charge >= 0.3 is 0 Å². The van der Waals surface area contributed by atoms with Crippen LogP contribution in [0.3, 0.4) is 0 Å². The van der Waals surface area contributed by atoms with Crippen LogP contribution in [-0.2, 0) is 98.2 Å². The zero-order valence-electron chi connectivity index (χ0n) is 68.2. The lowest BCUT2D eigenvalue weighted by molar-refractivity contribution is 0.207. The fourth-order valence-electron chi connectivity index (χ4n) is 16.1. The van der Waals surface area contributed by atoms with Crippen LogP contribution in [0.25, 0.3) is 54.3 Å². The maximum atomic E-state index is 11.8. The number of aromatic amines is 2. The number of benzene rings is 4. The van der Waals surface area contributed by atoms with E-state index in [-0.39, 0.29) is 55.9 Å². The van der Waals surface area contributed by atoms with E-state index < -0.39 is 0 Å². The minimum atomic E-state index is -0.323. The third-order valence-corrected chi connectivity index (χ3v) is 25.3. The summed E-state index contributed by atoms with van der Waals surface area (Å²) in [5.74, 6) is -0.920. The number of aromatic nitrogens is 14. The van der Waals surface area contributed by atoms with Crippen LogP contribution in [0, 0.1) is 13.8 Å². The van der Waals surface area contributed by atoms with E-state index in [1.54, 1.807) is 46.3 Å². The number of hydrogen-bond acceptors (Lipinski definition) is 23. The Hall–Kier alpha value is -13.4. The first-order valence-electron chi connectivity index (χ1n) is 40.8. The van der Waals surface area contributed by atoms with Gasteiger partial charge in [0.05, 0.1) is 88.1 Å². The highest BCUT2D eigenvalue weighted by Crippen LogP contribution is 2.33. The van der Waals surface area contributed by atoms with Crippen LogP contribution in [0.2, 0.25) is 0 Å². The average molecular weight is 1720 g/mol. The molecule has 0 saturated carbocycles. The molecule has 0 atom stereocenters. The standard InChI is InChI=1S/C21H20N4O2S.C19H20N4O2.C18H18N4O2.C18H17N3O2S.C16H16N4O2S/c1-14-2-4-15(5-3-14)20-17(25-8-9-28-21(25)22-20)12-23-6-7-24-13-19(27)18(26)10-16(24)11-23;1-14-15(11-23(20-14)16-5-3-2-4-6-16)10-21-7-8-22-13-19(25)18(24)9-17(22)12-21;23-16-8-15-11-21(6-7-22(15)12-17(16)24)10-14-9-19-20-18(14)13-4-2-1-3-5-13;22-16-8-15-10-20(6-7-21(15)11-17(16)23)9-14-12-24-18(19-14)13-4-2-1-3-5-13;21-13-6-12-9-19(3-4-20(12)10-14(13)22)8-11-7-17-18-16(11)15-2-1-5-23-15/h2-5,8-10,13,27H,6-7,11-12H2,1H3;2-6,9,11,13,25H,7-8,10,12H2,1H3;1-5,8-9,12,24H,6-7,10-11H2,(H,19,20);1-5,8,11-12,23H,6-7,9-10H2;1-2,5-7,10,22H,3-4,8-9H2,(H,17,18). The molecular formula is C92H91N19O10S3. The van der Waals surface area contributed by atoms with Gasteiger partial charge in [-0.2, -0.15) is 15.3 Å². The van der Waals surface area contributed by atoms with Crippen molar-refractivity contribution in [3.63, 3.8) is 0 Å². The second-order valence-corrected chi connectivity index (χ2v) is 34.0. The number of nitrogens with one attached hydrogen (secondary N) is 2. The van der Waals surface area contributed by atoms with Gasteiger partial charge in [0.25, 0.3) is 0 Å². The SMILES string of the molecule is Cc1ccc(-c2nc3sccn3c2CN2CCn3cc(O)c(=O)cc3C2)cc1.Cc1nn(-c2ccccc2)cc1CN1CCn2cc(O)c(=O)cc2C1.O=c1cc2n(cc1O)CCN(Cc1cn[nH]c1-c1ccccc1)C2.O=c1cc2n(cc1O)CCN(Cc1cn[nH]c1-c1cccs1)C2.O=c1cc2n(cc1O)CCN(Cc1csc(-c3ccccc3)n1)C2. The van der Waals surface area contributed by atoms with Gasteiger partial charge in [0.15, 0.2) is 33.7 Å². The van der Waals surface area contributed by atoms with Crippen molar-refractivity contribution >= 4 is 39.0 Å². The van der Waals surface area contributed by atoms with Crippen molar-refractivity contribution in [3.8, 4) is 78.1 Å². The Morgan fingerprint density at radius 2 is 0.823 bits per heavy atom. The van der Waals surface area contributed by atoms with Crippen LogP contribution in [-0.4, -0.2) is 150 Å². The predicted molar refractivity (Wildman–Crippen MR) is 477 cm³/mol. The maximum Gasteiger partial charge on any atom is 0.223 e. The molecule has 17 heterocycles. The molecule has 4 aromatic carbocycles. The van der Waals surface area contributed by atoms with Crippen LogP contribution in [0.1, 0.15) is 67.8 Å². The molecule has 0 spiro atoms. The molecule has 7 N–H and O–H groups in total. The fraction of sp³-hybridized carbons (Fsp3) is 0.239. The van der Waals surface area contributed by atoms with Gasteiger partial charge in [-0.1, -0.05) is 115 Å². The Balaban J connectivity index is 0.000000110. The number of rotatable bonds is 15. The summed E-state index contributed by atoms with van der Waals surface area (Å²) in [5, 5.41) is 74.2. The molecule has 21 rings (SSSR count). The van der Waals surface area contributed by atoms with Crippen LogP contribution in [0.15, 0.2) is 254 Å². The smallest absolute Gasteiger partial charge is 0.223 e. The van der Waals surface area contributed by atoms with Gasteiger partial charge in [0.2, 0.25) is 27.1 Å². The summed E-state index contributed by atoms with van der Waals surface area (Å²) in [6.07, 6.45) is 15.5. The molecule has 632 valence electrons. The van der Waals surface area contributed by atoms with E-state index in [1.807, 2.05) is 120 Å². The van der Waals surface area contributed by atoms with E-state index in [9.17, 15) is 49.5 Å². The number of aryl methyl sites for hydroxylation is 2. The van der Waals surface area contributed by atoms with Crippen molar-refractivity contribution in [1.29, 1.82) is 0 Å². The number of para-hydroxylation sites is 1. The first-order valence-corrected chi connectivity index (χ1v) is 43.4. The summed E-state index contributed by atoms with van der Waals surface area (Å²) in [6.45, 7) is 19.4. The highest BCUT2D eigenvalue weighted by Gasteiger charge is 2.27. The number of fused-ring (bicyclic) bond motifs is 6. The van der Waals surface area contributed by atoms with Gasteiger partial charge in [-0.25, -0.2) is 14.6 Å². The summed E-state index contributed by atoms with van der Waals surface area (Å²) in [7, 11) is 0. The van der Waals surface area contributed by atoms with Crippen molar-refractivity contribution in [2.75, 3.05) is 32.7 Å². The molecule has 0 unspecified atom stereocenters. The number of pyridine rings is 5. The molecule has 5 aliphatic heterocycles. The van der Waals surface area contributed by atoms with Gasteiger partial charge in [-0.15, -0.1) is 34.0 Å². The summed E-state index contributed by atoms with van der Waals surface area (Å²) in [6, 6.07) is 50.6. The van der Waals surface area contributed by atoms with Crippen molar-refractivity contribution < 1.29 is 25.5 Å². The number of H-pyrrole nitrogens is 2. The van der Waals surface area contributed by atoms with Gasteiger partial charge < -0.3 is 48.4 Å². The number of thiazole rings is 2. The lowest BCUT2D eigenvalue weighted by Crippen LogP contribution is -2.35. The van der Waals surface area contributed by atoms with E-state index in [0.717, 1.165) is 204 Å². The average Bonchev–Trinajstić information content (AvgIpc) is 1.60. The van der Waals surface area contributed by atoms with E-state index in [0.29, 0.717) is 32.7 Å². The first-order chi connectivity index (χ1) is 60.3. The molecule has 0 bridgehead atoms. The quantitative estimate of drug-likeness (QED) is 0.0501. The van der Waals surface area contributed by atoms with Crippen LogP contribution in [0.4, 0.5) is 0 Å². The Kier molecular flexibility index (Phi) is 24.8. The number of nitrogens with zero attached hydrogens (tertiary/aromatic N) is 17. The van der Waals surface area contributed by atoms with Crippen LogP contribution >= 0.6 is 34.0 Å². The number of aromatic hydroxyl groups is 5. The highest BCUT2D eigenvalue weighted by atomic mass is 32.1. The largest absolute Gasteiger partial charge is 0.503 e. The summed E-state index contributed by atoms with van der Waals surface area (Å²) in [4.78, 5) is 81.6. The Morgan fingerprint density at radius 1 is 0.395 bits per heavy atom. The number of imidazole rings is 1. The van der Waals surface area contributed by atoms with Crippen molar-refractivity contribution in [2.24, 2.45) is 0 Å². The molecule has 0 aliphatic carbocycles. The van der Waals surface area contributed by atoms with Crippen molar-refractivity contribution in [2.45, 2.75) is 112 Å². The minimum absolute atomic E-state index is 0.181. The van der Waals surface area contributed by atoms with Gasteiger partial charge in [-0.05, 0) is 43.0 Å². The zero-order chi connectivity index (χ0) is 85.5. The van der Waals surface area contributed by atoms with E-state index in [1.165, 1.54) is 65.1 Å². The maximum absolute atomic E-state index is 11.8. The first kappa shape index (κ1) is 82.9. The van der Waals surface area contributed by atoms with Crippen molar-refractivity contribution in [1.82, 2.24) is 91.9 Å². The fourth-order valence-corrected chi connectivity index (χ4v) is 18.4. The molecule has 12 aromatic heterocycles. The molecule has 0 radical (unpaired) electrons. The second-order valence-electron chi connectivity index (χ2n) is 31.3. The third-order valence-electron chi connectivity index (χ3n) is 22.7. The topological polar surface area (TPSA) is 333 Å². The van der Waals surface area contributed by atoms with Crippen molar-refractivity contribution in [3.05, 3.63) is 349 Å². The number of hydrogen-bond donors (Lipinski definition) is 7. The Labute approximate surface area is 723 Å². The minimum Gasteiger partial charge on any atom is -0.503 e. The molecule has 29 nitrogen and oxygen atoms in total.